The minimum Gasteiger partial charge on any atom is -0.478 e. The number of nitrogens with zero attached hydrogens (tertiary/aromatic N) is 1. The average Bonchev–Trinajstić information content (AvgIpc) is 2.73. The lowest BCUT2D eigenvalue weighted by atomic mass is 9.91. The van der Waals surface area contributed by atoms with Crippen LogP contribution in [0.4, 0.5) is 0 Å². The van der Waals surface area contributed by atoms with Gasteiger partial charge in [0.25, 0.3) is 0 Å². The molecule has 15 nitrogen and oxygen atoms in total. The van der Waals surface area contributed by atoms with Crippen molar-refractivity contribution in [2.45, 2.75) is 70.4 Å². The van der Waals surface area contributed by atoms with Gasteiger partial charge in [-0.1, -0.05) is 19.0 Å². The van der Waals surface area contributed by atoms with Gasteiger partial charge in [0.1, 0.15) is 24.3 Å². The Hall–Kier alpha value is -3.30. The molecule has 34 heavy (non-hydrogen) atoms. The van der Waals surface area contributed by atoms with Gasteiger partial charge in [0.15, 0.2) is 5.96 Å². The van der Waals surface area contributed by atoms with Crippen LogP contribution in [0, 0.1) is 16.2 Å². The largest absolute Gasteiger partial charge is 0.478 e. The van der Waals surface area contributed by atoms with E-state index in [1.54, 1.807) is 13.8 Å². The molecule has 1 rings (SSSR count). The smallest absolute Gasteiger partial charge is 0.376 e. The quantitative estimate of drug-likeness (QED) is 0.0525. The van der Waals surface area contributed by atoms with Crippen LogP contribution in [0.3, 0.4) is 0 Å². The maximum atomic E-state index is 12.7. The molecule has 1 aliphatic heterocycles. The number of aliphatic hydroxyl groups is 2. The summed E-state index contributed by atoms with van der Waals surface area (Å²) >= 11 is 0. The first-order valence-electron chi connectivity index (χ1n) is 10.4. The summed E-state index contributed by atoms with van der Waals surface area (Å²) in [6.45, 7) is 4.99. The summed E-state index contributed by atoms with van der Waals surface area (Å²) in [6.07, 6.45) is -3.53. The summed E-state index contributed by atoms with van der Waals surface area (Å²) < 4.78 is 15.6. The molecule has 0 saturated heterocycles. The van der Waals surface area contributed by atoms with E-state index in [0.29, 0.717) is 0 Å². The summed E-state index contributed by atoms with van der Waals surface area (Å²) in [7, 11) is 0. The second kappa shape index (κ2) is 12.8. The Kier molecular flexibility index (Phi) is 10.8. The number of rotatable bonds is 11. The molecule has 0 saturated carbocycles. The fourth-order valence-corrected chi connectivity index (χ4v) is 3.02. The van der Waals surface area contributed by atoms with Crippen molar-refractivity contribution in [1.82, 2.24) is 10.6 Å². The number of ether oxygens (including phenoxy) is 3. The highest BCUT2D eigenvalue weighted by atomic mass is 16.7. The van der Waals surface area contributed by atoms with Crippen molar-refractivity contribution in [1.29, 1.82) is 5.41 Å². The number of hydrogen-bond donors (Lipinski definition) is 7. The lowest BCUT2D eigenvalue weighted by Gasteiger charge is -2.40. The molecule has 0 bridgehead atoms. The zero-order valence-electron chi connectivity index (χ0n) is 19.3. The molecule has 0 aromatic carbocycles. The van der Waals surface area contributed by atoms with E-state index in [0.717, 1.165) is 6.08 Å². The van der Waals surface area contributed by atoms with E-state index >= 15 is 0 Å². The molecule has 0 spiro atoms. The predicted octanol–water partition coefficient (Wildman–Crippen LogP) is -2.47. The zero-order valence-corrected chi connectivity index (χ0v) is 19.3. The molecule has 0 aromatic rings. The van der Waals surface area contributed by atoms with Crippen molar-refractivity contribution >= 4 is 23.8 Å². The maximum absolute atomic E-state index is 12.7. The zero-order chi connectivity index (χ0) is 26.2. The normalized spacial score (nSPS) is 23.3. The van der Waals surface area contributed by atoms with Crippen LogP contribution in [0.25, 0.3) is 0 Å². The molecule has 0 aromatic heterocycles. The van der Waals surface area contributed by atoms with Gasteiger partial charge >= 0.3 is 11.9 Å². The predicted molar refractivity (Wildman–Crippen MR) is 117 cm³/mol. The van der Waals surface area contributed by atoms with E-state index in [1.165, 1.54) is 13.8 Å². The van der Waals surface area contributed by atoms with E-state index < -0.39 is 78.8 Å². The van der Waals surface area contributed by atoms with Gasteiger partial charge in [-0.2, -0.15) is 4.91 Å². The van der Waals surface area contributed by atoms with E-state index in [1.807, 2.05) is 0 Å². The summed E-state index contributed by atoms with van der Waals surface area (Å²) in [5.41, 5.74) is 11.1. The van der Waals surface area contributed by atoms with Crippen LogP contribution in [-0.2, 0) is 28.6 Å². The lowest BCUT2D eigenvalue weighted by molar-refractivity contribution is -0.187. The Balaban J connectivity index is 3.20. The van der Waals surface area contributed by atoms with E-state index in [2.05, 4.69) is 15.8 Å². The van der Waals surface area contributed by atoms with Crippen LogP contribution in [0.15, 0.2) is 17.0 Å². The Morgan fingerprint density at radius 2 is 1.88 bits per heavy atom. The Labute approximate surface area is 195 Å². The fraction of sp³-hybridized carbons (Fsp3) is 0.684. The van der Waals surface area contributed by atoms with Crippen LogP contribution in [0.1, 0.15) is 27.7 Å². The summed E-state index contributed by atoms with van der Waals surface area (Å²) in [5.74, 6) is -3.78. The van der Waals surface area contributed by atoms with Gasteiger partial charge in [-0.05, 0) is 12.0 Å². The number of carbonyl (C=O) groups excluding carboxylic acids is 3. The summed E-state index contributed by atoms with van der Waals surface area (Å²) in [4.78, 5) is 47.4. The first-order valence-corrected chi connectivity index (χ1v) is 10.4. The first-order chi connectivity index (χ1) is 15.8. The molecule has 192 valence electrons. The van der Waals surface area contributed by atoms with Gasteiger partial charge in [-0.25, -0.2) is 4.79 Å². The summed E-state index contributed by atoms with van der Waals surface area (Å²) in [5, 5.41) is 35.0. The maximum Gasteiger partial charge on any atom is 0.376 e. The van der Waals surface area contributed by atoms with Crippen LogP contribution in [0.2, 0.25) is 0 Å². The molecule has 7 atom stereocenters. The number of amides is 1. The topological polar surface area (TPSA) is 249 Å². The van der Waals surface area contributed by atoms with Gasteiger partial charge in [0.05, 0.1) is 18.7 Å². The minimum absolute atomic E-state index is 0.225. The molecule has 0 fully saturated rings. The van der Waals surface area contributed by atoms with E-state index in [4.69, 9.17) is 31.1 Å². The highest BCUT2D eigenvalue weighted by Gasteiger charge is 2.45. The van der Waals surface area contributed by atoms with Gasteiger partial charge in [0.2, 0.25) is 18.0 Å². The van der Waals surface area contributed by atoms with Crippen LogP contribution in [0.5, 0.6) is 0 Å². The van der Waals surface area contributed by atoms with Gasteiger partial charge in [-0.3, -0.25) is 15.0 Å². The number of nitroso groups, excluding NO2 is 1. The number of esters is 2. The van der Waals surface area contributed by atoms with Crippen LogP contribution >= 0.6 is 0 Å². The third kappa shape index (κ3) is 7.93. The first kappa shape index (κ1) is 28.7. The number of guanidine groups is 1. The SMILES string of the molecule is CC(=O)N[C@H]1[C@H]([C@H](O)[C@@H](CO)N=O)OC(C(=O)OC(C)OC(=O)[C@H](N)C(C)C)=C[C@@H]1NC(=N)N. The van der Waals surface area contributed by atoms with Crippen molar-refractivity contribution in [2.75, 3.05) is 6.61 Å². The second-order valence-electron chi connectivity index (χ2n) is 7.95. The molecule has 1 aliphatic rings. The number of carbonyl (C=O) groups is 3. The second-order valence-corrected chi connectivity index (χ2v) is 7.95. The monoisotopic (exact) mass is 488 g/mol. The molecule has 9 N–H and O–H groups in total. The van der Waals surface area contributed by atoms with E-state index in [9.17, 15) is 29.5 Å². The Morgan fingerprint density at radius 3 is 2.35 bits per heavy atom. The molecule has 1 unspecified atom stereocenters. The third-order valence-corrected chi connectivity index (χ3v) is 4.83. The highest BCUT2D eigenvalue weighted by molar-refractivity contribution is 5.87. The van der Waals surface area contributed by atoms with Crippen molar-refractivity contribution in [3.8, 4) is 0 Å². The van der Waals surface area contributed by atoms with Crippen LogP contribution in [-0.4, -0.2) is 83.3 Å². The lowest BCUT2D eigenvalue weighted by Crippen LogP contribution is -2.64. The van der Waals surface area contributed by atoms with Crippen molar-refractivity contribution < 1.29 is 38.8 Å². The third-order valence-electron chi connectivity index (χ3n) is 4.83. The number of nitrogens with one attached hydrogen (secondary N) is 3. The number of aliphatic hydroxyl groups excluding tert-OH is 2. The molecular formula is C19H32N6O9. The van der Waals surface area contributed by atoms with Crippen LogP contribution < -0.4 is 22.1 Å². The molecule has 1 heterocycles. The number of hydrogen-bond acceptors (Lipinski definition) is 12. The van der Waals surface area contributed by atoms with Crippen molar-refractivity contribution in [3.05, 3.63) is 16.7 Å². The van der Waals surface area contributed by atoms with Crippen molar-refractivity contribution in [2.24, 2.45) is 22.6 Å². The molecule has 0 aliphatic carbocycles. The van der Waals surface area contributed by atoms with Gasteiger partial charge in [-0.15, -0.1) is 0 Å². The molecular weight excluding hydrogens is 456 g/mol. The van der Waals surface area contributed by atoms with Crippen molar-refractivity contribution in [3.63, 3.8) is 0 Å². The molecule has 1 amide bonds. The summed E-state index contributed by atoms with van der Waals surface area (Å²) in [6, 6.07) is -4.75. The standard InChI is InChI=1S/C19H32N6O9/c1-7(2)13(20)18(30)33-9(4)32-17(29)12-5-10(24-19(21)22)14(23-8(3)27)16(34-12)15(28)11(6-26)25-31/h5,7,9-11,13-16,26,28H,6,20H2,1-4H3,(H,23,27)(H4,21,22,24)/t9?,10-,11+,13+,14+,15+,16+/m0/s1. The molecule has 15 heteroatoms. The van der Waals surface area contributed by atoms with Gasteiger partial charge < -0.3 is 46.5 Å². The highest BCUT2D eigenvalue weighted by Crippen LogP contribution is 2.25. The Bertz CT molecular complexity index is 805. The molecule has 0 radical (unpaired) electrons. The minimum atomic E-state index is -1.79. The van der Waals surface area contributed by atoms with Gasteiger partial charge in [0, 0.05) is 13.8 Å². The average molecular weight is 488 g/mol. The Morgan fingerprint density at radius 1 is 1.26 bits per heavy atom. The van der Waals surface area contributed by atoms with E-state index in [-0.39, 0.29) is 5.92 Å². The number of nitrogens with two attached hydrogens (primary N) is 2. The fourth-order valence-electron chi connectivity index (χ4n) is 3.02.